The third-order valence-corrected chi connectivity index (χ3v) is 6.75. The second-order valence-corrected chi connectivity index (χ2v) is 9.42. The van der Waals surface area contributed by atoms with Gasteiger partial charge in [0.1, 0.15) is 17.2 Å². The first-order chi connectivity index (χ1) is 18.6. The molecule has 3 heterocycles. The first-order valence-electron chi connectivity index (χ1n) is 11.6. The zero-order valence-electron chi connectivity index (χ0n) is 21.3. The van der Waals surface area contributed by atoms with Crippen LogP contribution >= 0.6 is 15.9 Å². The van der Waals surface area contributed by atoms with E-state index in [0.29, 0.717) is 49.7 Å². The number of halogens is 4. The average Bonchev–Trinajstić information content (AvgIpc) is 3.45. The van der Waals surface area contributed by atoms with Crippen LogP contribution in [0.1, 0.15) is 11.4 Å². The van der Waals surface area contributed by atoms with Crippen LogP contribution in [-0.4, -0.2) is 43.7 Å². The van der Waals surface area contributed by atoms with Crippen molar-refractivity contribution in [2.45, 2.75) is 13.1 Å². The summed E-state index contributed by atoms with van der Waals surface area (Å²) in [6, 6.07) is 15.2. The lowest BCUT2D eigenvalue weighted by Gasteiger charge is -2.12. The molecule has 0 saturated heterocycles. The Morgan fingerprint density at radius 3 is 2.10 bits per heavy atom. The van der Waals surface area contributed by atoms with Crippen LogP contribution in [-0.2, 0) is 13.2 Å². The van der Waals surface area contributed by atoms with Crippen molar-refractivity contribution in [2.24, 2.45) is 7.05 Å². The summed E-state index contributed by atoms with van der Waals surface area (Å²) in [5, 5.41) is 8.96. The Bertz CT molecular complexity index is 1680. The number of rotatable bonds is 6. The summed E-state index contributed by atoms with van der Waals surface area (Å²) in [7, 11) is 4.77. The number of aryl methyl sites for hydroxylation is 2. The van der Waals surface area contributed by atoms with Crippen molar-refractivity contribution in [3.63, 3.8) is 0 Å². The second kappa shape index (κ2) is 10.2. The van der Waals surface area contributed by atoms with E-state index in [0.717, 1.165) is 6.07 Å². The fourth-order valence-electron chi connectivity index (χ4n) is 4.18. The molecule has 5 aromatic rings. The molecule has 0 spiro atoms. The third-order valence-electron chi connectivity index (χ3n) is 6.00. The van der Waals surface area contributed by atoms with E-state index in [4.69, 9.17) is 14.6 Å². The van der Waals surface area contributed by atoms with Crippen LogP contribution in [0.5, 0.6) is 11.5 Å². The van der Waals surface area contributed by atoms with E-state index in [-0.39, 0.29) is 11.6 Å². The predicted octanol–water partition coefficient (Wildman–Crippen LogP) is 6.50. The summed E-state index contributed by atoms with van der Waals surface area (Å²) in [5.74, 6) is 0.906. The van der Waals surface area contributed by atoms with Gasteiger partial charge in [-0.2, -0.15) is 28.1 Å². The molecule has 0 N–H and O–H groups in total. The Kier molecular flexibility index (Phi) is 6.89. The van der Waals surface area contributed by atoms with Crippen LogP contribution in [0.4, 0.5) is 13.2 Å². The van der Waals surface area contributed by atoms with Crippen molar-refractivity contribution in [3.8, 4) is 51.2 Å². The molecule has 0 amide bonds. The number of nitrogens with zero attached hydrogens (tertiary/aromatic N) is 6. The highest BCUT2D eigenvalue weighted by atomic mass is 79.9. The highest BCUT2D eigenvalue weighted by molar-refractivity contribution is 9.10. The number of hydrogen-bond acceptors (Lipinski definition) is 6. The zero-order chi connectivity index (χ0) is 27.9. The van der Waals surface area contributed by atoms with Gasteiger partial charge in [-0.15, -0.1) is 0 Å². The van der Waals surface area contributed by atoms with Crippen molar-refractivity contribution in [1.29, 1.82) is 0 Å². The molecule has 0 aliphatic heterocycles. The number of alkyl halides is 3. The van der Waals surface area contributed by atoms with Crippen molar-refractivity contribution >= 4 is 15.9 Å². The van der Waals surface area contributed by atoms with Crippen LogP contribution < -0.4 is 9.47 Å². The van der Waals surface area contributed by atoms with Gasteiger partial charge >= 0.3 is 6.18 Å². The number of ether oxygens (including phenoxy) is 2. The van der Waals surface area contributed by atoms with E-state index in [1.54, 1.807) is 69.7 Å². The number of benzene rings is 2. The summed E-state index contributed by atoms with van der Waals surface area (Å²) in [6.07, 6.45) is -3.11. The Morgan fingerprint density at radius 1 is 0.872 bits per heavy atom. The van der Waals surface area contributed by atoms with Gasteiger partial charge in [-0.25, -0.2) is 9.97 Å². The lowest BCUT2D eigenvalue weighted by molar-refractivity contribution is -0.141. The van der Waals surface area contributed by atoms with E-state index < -0.39 is 11.9 Å². The molecular formula is C27H22BrF3N6O2. The van der Waals surface area contributed by atoms with E-state index in [9.17, 15) is 13.2 Å². The van der Waals surface area contributed by atoms with Gasteiger partial charge in [-0.1, -0.05) is 24.3 Å². The van der Waals surface area contributed by atoms with Gasteiger partial charge in [0, 0.05) is 29.9 Å². The molecule has 3 aromatic heterocycles. The molecule has 12 heteroatoms. The van der Waals surface area contributed by atoms with Gasteiger partial charge in [0.2, 0.25) is 0 Å². The standard InChI is InChI=1S/C27H22BrF3N6O2/c1-15-20(14-36(2)34-15)21-13-22(27(29,30)31)33-26(32-21)37-25(17-8-6-10-19(12-17)39-4)23(28)24(35-37)16-7-5-9-18(11-16)38-3/h5-14H,1-4H3. The summed E-state index contributed by atoms with van der Waals surface area (Å²) in [4.78, 5) is 8.44. The van der Waals surface area contributed by atoms with Crippen LogP contribution in [0, 0.1) is 6.92 Å². The normalized spacial score (nSPS) is 11.6. The van der Waals surface area contributed by atoms with Crippen LogP contribution in [0.25, 0.3) is 39.7 Å². The molecule has 0 unspecified atom stereocenters. The third kappa shape index (κ3) is 5.11. The number of methoxy groups -OCH3 is 2. The molecule has 0 aliphatic carbocycles. The Hall–Kier alpha value is -4.19. The molecule has 8 nitrogen and oxygen atoms in total. The first-order valence-corrected chi connectivity index (χ1v) is 12.4. The van der Waals surface area contributed by atoms with Crippen LogP contribution in [0.2, 0.25) is 0 Å². The highest BCUT2D eigenvalue weighted by Gasteiger charge is 2.35. The van der Waals surface area contributed by atoms with Gasteiger partial charge in [0.05, 0.1) is 35.8 Å². The molecule has 0 radical (unpaired) electrons. The first kappa shape index (κ1) is 26.4. The Morgan fingerprint density at radius 2 is 1.51 bits per heavy atom. The number of aromatic nitrogens is 6. The number of hydrogen-bond donors (Lipinski definition) is 0. The molecule has 0 bridgehead atoms. The minimum Gasteiger partial charge on any atom is -0.497 e. The Labute approximate surface area is 230 Å². The van der Waals surface area contributed by atoms with E-state index in [1.807, 2.05) is 6.07 Å². The minimum atomic E-state index is -4.72. The summed E-state index contributed by atoms with van der Waals surface area (Å²) in [5.41, 5.74) is 2.17. The summed E-state index contributed by atoms with van der Waals surface area (Å²) < 4.78 is 56.3. The molecule has 0 aliphatic rings. The molecule has 2 aromatic carbocycles. The predicted molar refractivity (Wildman–Crippen MR) is 143 cm³/mol. The van der Waals surface area contributed by atoms with Crippen LogP contribution in [0.15, 0.2) is 65.3 Å². The summed E-state index contributed by atoms with van der Waals surface area (Å²) >= 11 is 3.65. The van der Waals surface area contributed by atoms with Gasteiger partial charge in [-0.05, 0) is 53.2 Å². The minimum absolute atomic E-state index is 0.0732. The van der Waals surface area contributed by atoms with Crippen molar-refractivity contribution in [3.05, 3.63) is 76.7 Å². The molecule has 0 saturated carbocycles. The molecule has 0 atom stereocenters. The maximum Gasteiger partial charge on any atom is 0.433 e. The SMILES string of the molecule is COc1cccc(-c2nn(-c3nc(-c4cn(C)nc4C)cc(C(F)(F)F)n3)c(-c3cccc(OC)c3)c2Br)c1. The van der Waals surface area contributed by atoms with Crippen molar-refractivity contribution in [2.75, 3.05) is 14.2 Å². The lowest BCUT2D eigenvalue weighted by Crippen LogP contribution is -2.14. The summed E-state index contributed by atoms with van der Waals surface area (Å²) in [6.45, 7) is 1.71. The molecule has 5 rings (SSSR count). The monoisotopic (exact) mass is 598 g/mol. The van der Waals surface area contributed by atoms with E-state index in [2.05, 4.69) is 31.0 Å². The molecule has 200 valence electrons. The molecular weight excluding hydrogens is 577 g/mol. The quantitative estimate of drug-likeness (QED) is 0.222. The smallest absolute Gasteiger partial charge is 0.433 e. The van der Waals surface area contributed by atoms with E-state index in [1.165, 1.54) is 16.5 Å². The fourth-order valence-corrected chi connectivity index (χ4v) is 4.89. The van der Waals surface area contributed by atoms with Gasteiger partial charge in [0.25, 0.3) is 5.95 Å². The highest BCUT2D eigenvalue weighted by Crippen LogP contribution is 2.40. The van der Waals surface area contributed by atoms with Crippen LogP contribution in [0.3, 0.4) is 0 Å². The average molecular weight is 599 g/mol. The van der Waals surface area contributed by atoms with Gasteiger partial charge in [-0.3, -0.25) is 4.68 Å². The molecule has 39 heavy (non-hydrogen) atoms. The van der Waals surface area contributed by atoms with Gasteiger partial charge < -0.3 is 9.47 Å². The Balaban J connectivity index is 1.82. The van der Waals surface area contributed by atoms with Gasteiger partial charge in [0.15, 0.2) is 5.69 Å². The van der Waals surface area contributed by atoms with Crippen molar-refractivity contribution in [1.82, 2.24) is 29.5 Å². The fraction of sp³-hybridized carbons (Fsp3) is 0.185. The zero-order valence-corrected chi connectivity index (χ0v) is 22.9. The van der Waals surface area contributed by atoms with Crippen molar-refractivity contribution < 1.29 is 22.6 Å². The maximum absolute atomic E-state index is 14.1. The topological polar surface area (TPSA) is 79.9 Å². The van der Waals surface area contributed by atoms with E-state index >= 15 is 0 Å². The second-order valence-electron chi connectivity index (χ2n) is 8.62. The molecule has 0 fully saturated rings. The largest absolute Gasteiger partial charge is 0.497 e. The lowest BCUT2D eigenvalue weighted by atomic mass is 10.1. The maximum atomic E-state index is 14.1.